The molecule has 2 aromatic rings. The second kappa shape index (κ2) is 5.32. The van der Waals surface area contributed by atoms with Crippen LogP contribution < -0.4 is 11.0 Å². The number of carboxylic acid groups (broad SMARTS) is 1. The molecule has 1 aliphatic carbocycles. The lowest BCUT2D eigenvalue weighted by molar-refractivity contribution is -0.146. The van der Waals surface area contributed by atoms with Gasteiger partial charge in [0.2, 0.25) is 5.91 Å². The van der Waals surface area contributed by atoms with E-state index in [2.05, 4.69) is 5.32 Å². The Hall–Kier alpha value is -2.57. The monoisotopic (exact) mass is 303 g/mol. The van der Waals surface area contributed by atoms with Gasteiger partial charge in [-0.3, -0.25) is 18.7 Å². The van der Waals surface area contributed by atoms with E-state index in [4.69, 9.17) is 5.11 Å². The number of fused-ring (bicyclic) bond motifs is 1. The molecule has 116 valence electrons. The topological polar surface area (TPSA) is 93.3 Å². The van der Waals surface area contributed by atoms with Gasteiger partial charge >= 0.3 is 11.7 Å². The van der Waals surface area contributed by atoms with Gasteiger partial charge in [-0.1, -0.05) is 12.1 Å². The third-order valence-corrected chi connectivity index (χ3v) is 4.21. The SMILES string of the molecule is Cn1c(=O)n(CC(=O)NC2CC(C(=O)O)C2)c2ccccc21. The Morgan fingerprint density at radius 2 is 1.91 bits per heavy atom. The van der Waals surface area contributed by atoms with E-state index in [1.54, 1.807) is 13.1 Å². The predicted octanol–water partition coefficient (Wildman–Crippen LogP) is 0.319. The molecule has 1 aromatic carbocycles. The lowest BCUT2D eigenvalue weighted by atomic mass is 9.80. The Kier molecular flexibility index (Phi) is 3.48. The maximum atomic E-state index is 12.2. The molecule has 1 aromatic heterocycles. The van der Waals surface area contributed by atoms with Crippen LogP contribution in [0.3, 0.4) is 0 Å². The molecule has 7 nitrogen and oxygen atoms in total. The largest absolute Gasteiger partial charge is 0.481 e. The van der Waals surface area contributed by atoms with Crippen molar-refractivity contribution in [3.8, 4) is 0 Å². The van der Waals surface area contributed by atoms with Crippen LogP contribution in [0.1, 0.15) is 12.8 Å². The Morgan fingerprint density at radius 1 is 1.27 bits per heavy atom. The summed E-state index contributed by atoms with van der Waals surface area (Å²) in [5.41, 5.74) is 1.24. The second-order valence-corrected chi connectivity index (χ2v) is 5.69. The van der Waals surface area contributed by atoms with Crippen molar-refractivity contribution >= 4 is 22.9 Å². The molecule has 0 radical (unpaired) electrons. The highest BCUT2D eigenvalue weighted by molar-refractivity contribution is 5.81. The van der Waals surface area contributed by atoms with Crippen molar-refractivity contribution in [3.05, 3.63) is 34.7 Å². The van der Waals surface area contributed by atoms with Gasteiger partial charge in [0.15, 0.2) is 0 Å². The number of carboxylic acids is 1. The van der Waals surface area contributed by atoms with E-state index < -0.39 is 5.97 Å². The molecular formula is C15H17N3O4. The number of nitrogens with zero attached hydrogens (tertiary/aromatic N) is 2. The third kappa shape index (κ3) is 2.38. The standard InChI is InChI=1S/C15H17N3O4/c1-17-11-4-2-3-5-12(11)18(15(17)22)8-13(19)16-10-6-9(7-10)14(20)21/h2-5,9-10H,6-8H2,1H3,(H,16,19)(H,20,21). The van der Waals surface area contributed by atoms with Crippen LogP contribution in [0.2, 0.25) is 0 Å². The molecule has 1 amide bonds. The Morgan fingerprint density at radius 3 is 2.55 bits per heavy atom. The van der Waals surface area contributed by atoms with Gasteiger partial charge in [-0.05, 0) is 25.0 Å². The molecule has 0 unspecified atom stereocenters. The van der Waals surface area contributed by atoms with Gasteiger partial charge in [0.25, 0.3) is 0 Å². The van der Waals surface area contributed by atoms with Gasteiger partial charge in [-0.15, -0.1) is 0 Å². The van der Waals surface area contributed by atoms with Crippen LogP contribution in [0.4, 0.5) is 0 Å². The zero-order valence-corrected chi connectivity index (χ0v) is 12.2. The number of carbonyl (C=O) groups is 2. The average Bonchev–Trinajstić information content (AvgIpc) is 2.68. The van der Waals surface area contributed by atoms with E-state index in [9.17, 15) is 14.4 Å². The minimum Gasteiger partial charge on any atom is -0.481 e. The minimum absolute atomic E-state index is 0.0611. The van der Waals surface area contributed by atoms with Crippen LogP contribution in [-0.2, 0) is 23.2 Å². The molecule has 2 N–H and O–H groups in total. The van der Waals surface area contributed by atoms with Crippen molar-refractivity contribution in [2.75, 3.05) is 0 Å². The number of aliphatic carboxylic acids is 1. The summed E-state index contributed by atoms with van der Waals surface area (Å²) in [6.07, 6.45) is 0.900. The maximum absolute atomic E-state index is 12.2. The predicted molar refractivity (Wildman–Crippen MR) is 79.5 cm³/mol. The van der Waals surface area contributed by atoms with Crippen molar-refractivity contribution < 1.29 is 14.7 Å². The van der Waals surface area contributed by atoms with Crippen molar-refractivity contribution in [3.63, 3.8) is 0 Å². The van der Waals surface area contributed by atoms with Crippen LogP contribution in [0.15, 0.2) is 29.1 Å². The number of nitrogens with one attached hydrogen (secondary N) is 1. The quantitative estimate of drug-likeness (QED) is 0.850. The summed E-state index contributed by atoms with van der Waals surface area (Å²) >= 11 is 0. The van der Waals surface area contributed by atoms with Gasteiger partial charge in [-0.2, -0.15) is 0 Å². The molecule has 22 heavy (non-hydrogen) atoms. The van der Waals surface area contributed by atoms with Gasteiger partial charge in [0.1, 0.15) is 6.54 Å². The van der Waals surface area contributed by atoms with Gasteiger partial charge in [-0.25, -0.2) is 4.79 Å². The molecule has 1 heterocycles. The molecule has 1 fully saturated rings. The molecule has 0 bridgehead atoms. The molecule has 7 heteroatoms. The van der Waals surface area contributed by atoms with E-state index in [-0.39, 0.29) is 30.1 Å². The summed E-state index contributed by atoms with van der Waals surface area (Å²) in [5, 5.41) is 11.6. The lowest BCUT2D eigenvalue weighted by Crippen LogP contribution is -2.48. The number of aromatic nitrogens is 2. The number of carbonyl (C=O) groups excluding carboxylic acids is 1. The molecule has 0 atom stereocenters. The molecule has 0 spiro atoms. The van der Waals surface area contributed by atoms with Crippen molar-refractivity contribution in [2.45, 2.75) is 25.4 Å². The summed E-state index contributed by atoms with van der Waals surface area (Å²) in [4.78, 5) is 35.0. The third-order valence-electron chi connectivity index (χ3n) is 4.21. The highest BCUT2D eigenvalue weighted by atomic mass is 16.4. The van der Waals surface area contributed by atoms with Crippen LogP contribution in [0.25, 0.3) is 11.0 Å². The summed E-state index contributed by atoms with van der Waals surface area (Å²) in [7, 11) is 1.67. The van der Waals surface area contributed by atoms with Crippen LogP contribution in [0.5, 0.6) is 0 Å². The van der Waals surface area contributed by atoms with Crippen LogP contribution in [-0.4, -0.2) is 32.2 Å². The smallest absolute Gasteiger partial charge is 0.329 e. The van der Waals surface area contributed by atoms with Crippen LogP contribution in [0, 0.1) is 5.92 Å². The molecule has 0 saturated heterocycles. The van der Waals surface area contributed by atoms with E-state index in [1.807, 2.05) is 18.2 Å². The second-order valence-electron chi connectivity index (χ2n) is 5.69. The van der Waals surface area contributed by atoms with Crippen molar-refractivity contribution in [1.29, 1.82) is 0 Å². The Bertz CT molecular complexity index is 799. The number of rotatable bonds is 4. The number of para-hydroxylation sites is 2. The average molecular weight is 303 g/mol. The highest BCUT2D eigenvalue weighted by Crippen LogP contribution is 2.27. The minimum atomic E-state index is -0.823. The summed E-state index contributed by atoms with van der Waals surface area (Å²) in [6, 6.07) is 7.17. The highest BCUT2D eigenvalue weighted by Gasteiger charge is 2.35. The first-order valence-electron chi connectivity index (χ1n) is 7.14. The number of hydrogen-bond acceptors (Lipinski definition) is 3. The number of hydrogen-bond donors (Lipinski definition) is 2. The summed E-state index contributed by atoms with van der Waals surface area (Å²) in [5.74, 6) is -1.46. The van der Waals surface area contributed by atoms with Gasteiger partial charge in [0.05, 0.1) is 17.0 Å². The fraction of sp³-hybridized carbons (Fsp3) is 0.400. The van der Waals surface area contributed by atoms with Crippen molar-refractivity contribution in [2.24, 2.45) is 13.0 Å². The van der Waals surface area contributed by atoms with Gasteiger partial charge < -0.3 is 10.4 Å². The molecule has 1 aliphatic rings. The fourth-order valence-electron chi connectivity index (χ4n) is 2.87. The first-order valence-corrected chi connectivity index (χ1v) is 7.14. The number of aryl methyl sites for hydroxylation is 1. The van der Waals surface area contributed by atoms with E-state index in [0.717, 1.165) is 5.52 Å². The first kappa shape index (κ1) is 14.4. The summed E-state index contributed by atoms with van der Waals surface area (Å²) in [6.45, 7) is -0.0611. The zero-order valence-electron chi connectivity index (χ0n) is 12.2. The molecule has 3 rings (SSSR count). The Balaban J connectivity index is 1.72. The van der Waals surface area contributed by atoms with E-state index in [0.29, 0.717) is 18.4 Å². The lowest BCUT2D eigenvalue weighted by Gasteiger charge is -2.32. The number of imidazole rings is 1. The molecular weight excluding hydrogens is 286 g/mol. The van der Waals surface area contributed by atoms with E-state index in [1.165, 1.54) is 9.13 Å². The van der Waals surface area contributed by atoms with Crippen molar-refractivity contribution in [1.82, 2.24) is 14.5 Å². The normalized spacial score (nSPS) is 20.6. The number of amides is 1. The number of benzene rings is 1. The zero-order chi connectivity index (χ0) is 15.9. The summed E-state index contributed by atoms with van der Waals surface area (Å²) < 4.78 is 2.93. The molecule has 1 saturated carbocycles. The van der Waals surface area contributed by atoms with E-state index >= 15 is 0 Å². The van der Waals surface area contributed by atoms with Gasteiger partial charge in [0, 0.05) is 13.1 Å². The fourth-order valence-corrected chi connectivity index (χ4v) is 2.87. The van der Waals surface area contributed by atoms with Crippen LogP contribution >= 0.6 is 0 Å². The maximum Gasteiger partial charge on any atom is 0.329 e. The Labute approximate surface area is 126 Å². The molecule has 0 aliphatic heterocycles. The first-order chi connectivity index (χ1) is 10.5.